The van der Waals surface area contributed by atoms with E-state index in [0.29, 0.717) is 5.56 Å². The number of amides is 3. The summed E-state index contributed by atoms with van der Waals surface area (Å²) in [4.78, 5) is 50.3. The third kappa shape index (κ3) is 6.68. The normalized spacial score (nSPS) is 12.5. The van der Waals surface area contributed by atoms with Crippen LogP contribution in [0, 0.1) is 0 Å². The van der Waals surface area contributed by atoms with Crippen LogP contribution in [-0.4, -0.2) is 46.5 Å². The molecule has 10 heteroatoms. The number of aliphatic carboxylic acids is 1. The number of carboxylic acid groups (broad SMARTS) is 1. The number of carboxylic acids is 1. The van der Waals surface area contributed by atoms with Gasteiger partial charge >= 0.3 is 5.97 Å². The molecule has 1 atom stereocenters. The summed E-state index contributed by atoms with van der Waals surface area (Å²) in [6.45, 7) is -0.165. The maximum atomic E-state index is 12.9. The molecule has 1 aliphatic rings. The first-order chi connectivity index (χ1) is 20.7. The number of phenols is 1. The number of rotatable bonds is 10. The Morgan fingerprint density at radius 1 is 0.791 bits per heavy atom. The average Bonchev–Trinajstić information content (AvgIpc) is 3.31. The molecule has 0 aliphatic heterocycles. The lowest BCUT2D eigenvalue weighted by atomic mass is 9.93. The summed E-state index contributed by atoms with van der Waals surface area (Å²) >= 11 is 6.28. The van der Waals surface area contributed by atoms with E-state index < -0.39 is 23.8 Å². The van der Waals surface area contributed by atoms with Gasteiger partial charge in [-0.15, -0.1) is 0 Å². The van der Waals surface area contributed by atoms with Gasteiger partial charge in [0.1, 0.15) is 11.8 Å². The van der Waals surface area contributed by atoms with E-state index >= 15 is 0 Å². The zero-order chi connectivity index (χ0) is 30.5. The Bertz CT molecular complexity index is 1680. The molecule has 9 nitrogen and oxygen atoms in total. The summed E-state index contributed by atoms with van der Waals surface area (Å²) in [6.07, 6.45) is 0.120. The lowest BCUT2D eigenvalue weighted by molar-refractivity contribution is -0.139. The first-order valence-electron chi connectivity index (χ1n) is 13.6. The van der Waals surface area contributed by atoms with Crippen LogP contribution < -0.4 is 16.0 Å². The van der Waals surface area contributed by atoms with Crippen LogP contribution in [0.1, 0.15) is 49.7 Å². The van der Waals surface area contributed by atoms with Gasteiger partial charge in [-0.1, -0.05) is 72.3 Å². The zero-order valence-corrected chi connectivity index (χ0v) is 23.6. The molecule has 5 rings (SSSR count). The van der Waals surface area contributed by atoms with Gasteiger partial charge in [0.05, 0.1) is 10.6 Å². The van der Waals surface area contributed by atoms with E-state index in [-0.39, 0.29) is 53.2 Å². The monoisotopic (exact) mass is 597 g/mol. The summed E-state index contributed by atoms with van der Waals surface area (Å²) in [5.74, 6) is -2.98. The highest BCUT2D eigenvalue weighted by atomic mass is 35.5. The molecule has 5 N–H and O–H groups in total. The number of phenolic OH excluding ortho intramolecular Hbond substituents is 1. The number of aromatic hydroxyl groups is 1. The van der Waals surface area contributed by atoms with E-state index in [1.807, 2.05) is 48.5 Å². The van der Waals surface area contributed by atoms with Crippen LogP contribution in [-0.2, 0) is 16.1 Å². The minimum Gasteiger partial charge on any atom is -0.508 e. The van der Waals surface area contributed by atoms with Crippen molar-refractivity contribution in [1.82, 2.24) is 16.0 Å². The molecule has 0 saturated carbocycles. The minimum atomic E-state index is -1.42. The molecule has 1 aliphatic carbocycles. The Balaban J connectivity index is 1.18. The maximum Gasteiger partial charge on any atom is 0.328 e. The summed E-state index contributed by atoms with van der Waals surface area (Å²) in [5, 5.41) is 27.0. The highest BCUT2D eigenvalue weighted by Crippen LogP contribution is 2.45. The van der Waals surface area contributed by atoms with E-state index in [1.54, 1.807) is 12.1 Å². The van der Waals surface area contributed by atoms with Crippen LogP contribution in [0.5, 0.6) is 5.75 Å². The number of fused-ring (bicyclic) bond motifs is 3. The molecular formula is C33H28ClN3O6. The maximum absolute atomic E-state index is 12.9. The minimum absolute atomic E-state index is 0.0251. The number of carbonyl (C=O) groups is 4. The number of hydrogen-bond donors (Lipinski definition) is 5. The Morgan fingerprint density at radius 2 is 1.47 bits per heavy atom. The number of carbonyl (C=O) groups excluding carboxylic acids is 3. The van der Waals surface area contributed by atoms with E-state index in [9.17, 15) is 29.4 Å². The van der Waals surface area contributed by atoms with Crippen molar-refractivity contribution < 1.29 is 29.4 Å². The Hall–Kier alpha value is -5.15. The van der Waals surface area contributed by atoms with Gasteiger partial charge in [0.2, 0.25) is 5.91 Å². The van der Waals surface area contributed by atoms with Crippen molar-refractivity contribution in [1.29, 1.82) is 0 Å². The van der Waals surface area contributed by atoms with Crippen LogP contribution in [0.4, 0.5) is 0 Å². The molecule has 0 heterocycles. The molecule has 43 heavy (non-hydrogen) atoms. The molecule has 0 unspecified atom stereocenters. The van der Waals surface area contributed by atoms with Gasteiger partial charge in [-0.3, -0.25) is 14.4 Å². The largest absolute Gasteiger partial charge is 0.508 e. The number of benzene rings is 4. The smallest absolute Gasteiger partial charge is 0.328 e. The van der Waals surface area contributed by atoms with Crippen LogP contribution in [0.2, 0.25) is 5.02 Å². The molecule has 0 saturated heterocycles. The van der Waals surface area contributed by atoms with Gasteiger partial charge in [0, 0.05) is 31.0 Å². The van der Waals surface area contributed by atoms with E-state index in [4.69, 9.17) is 11.6 Å². The van der Waals surface area contributed by atoms with Crippen molar-refractivity contribution in [3.63, 3.8) is 0 Å². The van der Waals surface area contributed by atoms with Crippen molar-refractivity contribution in [2.45, 2.75) is 24.9 Å². The van der Waals surface area contributed by atoms with E-state index in [2.05, 4.69) is 16.0 Å². The summed E-state index contributed by atoms with van der Waals surface area (Å²) in [6, 6.07) is 24.8. The van der Waals surface area contributed by atoms with Crippen molar-refractivity contribution in [3.05, 3.63) is 124 Å². The van der Waals surface area contributed by atoms with Crippen molar-refractivity contribution in [2.24, 2.45) is 0 Å². The van der Waals surface area contributed by atoms with Crippen molar-refractivity contribution >= 4 is 35.3 Å². The zero-order valence-electron chi connectivity index (χ0n) is 22.8. The fourth-order valence-corrected chi connectivity index (χ4v) is 5.45. The van der Waals surface area contributed by atoms with Gasteiger partial charge in [0.15, 0.2) is 0 Å². The number of halogens is 1. The Labute approximate surface area is 252 Å². The topological polar surface area (TPSA) is 145 Å². The highest BCUT2D eigenvalue weighted by molar-refractivity contribution is 6.34. The van der Waals surface area contributed by atoms with Crippen LogP contribution in [0.3, 0.4) is 0 Å². The second-order valence-corrected chi connectivity index (χ2v) is 10.6. The number of hydrogen-bond acceptors (Lipinski definition) is 5. The summed E-state index contributed by atoms with van der Waals surface area (Å²) < 4.78 is 0. The second kappa shape index (κ2) is 12.8. The molecule has 0 bridgehead atoms. The fraction of sp³-hybridized carbons (Fsp3) is 0.152. The van der Waals surface area contributed by atoms with Gasteiger partial charge in [-0.25, -0.2) is 4.79 Å². The molecule has 4 aromatic carbocycles. The summed E-state index contributed by atoms with van der Waals surface area (Å²) in [5.41, 5.74) is 5.08. The predicted octanol–water partition coefficient (Wildman–Crippen LogP) is 4.48. The van der Waals surface area contributed by atoms with E-state index in [0.717, 1.165) is 22.3 Å². The van der Waals surface area contributed by atoms with Gasteiger partial charge in [-0.05, 0) is 58.1 Å². The Kier molecular flexibility index (Phi) is 8.73. The first-order valence-corrected chi connectivity index (χ1v) is 13.9. The third-order valence-electron chi connectivity index (χ3n) is 7.30. The third-order valence-corrected chi connectivity index (χ3v) is 7.61. The molecule has 3 amide bonds. The SMILES string of the molecule is O=C(CC1c2ccccc2-c2ccccc21)NC[C@H](NC(=O)c1ccc(C(=O)NCc2cccc(O)c2)cc1Cl)C(=O)O. The second-order valence-electron chi connectivity index (χ2n) is 10.1. The standard InChI is InChI=1S/C33H28ClN3O6/c34-28-15-20(31(40)36-17-19-6-5-7-21(38)14-19)12-13-26(28)32(41)37-29(33(42)43)18-35-30(39)16-27-24-10-3-1-8-22(24)23-9-2-4-11-25(23)27/h1-15,27,29,38H,16-18H2,(H,35,39)(H,36,40)(H,37,41)(H,42,43)/t29-/m0/s1. The van der Waals surface area contributed by atoms with Crippen molar-refractivity contribution in [2.75, 3.05) is 6.54 Å². The molecule has 4 aromatic rings. The van der Waals surface area contributed by atoms with Crippen LogP contribution >= 0.6 is 11.6 Å². The van der Waals surface area contributed by atoms with E-state index in [1.165, 1.54) is 30.3 Å². The lowest BCUT2D eigenvalue weighted by Crippen LogP contribution is -2.48. The average molecular weight is 598 g/mol. The van der Waals surface area contributed by atoms with Crippen LogP contribution in [0.15, 0.2) is 91.0 Å². The van der Waals surface area contributed by atoms with Gasteiger partial charge in [0.25, 0.3) is 11.8 Å². The van der Waals surface area contributed by atoms with Gasteiger partial charge in [-0.2, -0.15) is 0 Å². The lowest BCUT2D eigenvalue weighted by Gasteiger charge is -2.18. The Morgan fingerprint density at radius 3 is 2.09 bits per heavy atom. The van der Waals surface area contributed by atoms with Crippen molar-refractivity contribution in [3.8, 4) is 16.9 Å². The fourth-order valence-electron chi connectivity index (χ4n) is 5.18. The molecule has 0 fully saturated rings. The quantitative estimate of drug-likeness (QED) is 0.182. The molecule has 218 valence electrons. The molecular weight excluding hydrogens is 570 g/mol. The highest BCUT2D eigenvalue weighted by Gasteiger charge is 2.30. The molecule has 0 aromatic heterocycles. The van der Waals surface area contributed by atoms with Gasteiger partial charge < -0.3 is 26.2 Å². The molecule has 0 radical (unpaired) electrons. The summed E-state index contributed by atoms with van der Waals surface area (Å²) in [7, 11) is 0. The molecule has 0 spiro atoms. The number of nitrogens with one attached hydrogen (secondary N) is 3. The first kappa shape index (κ1) is 29.3. The van der Waals surface area contributed by atoms with Crippen LogP contribution in [0.25, 0.3) is 11.1 Å². The predicted molar refractivity (Wildman–Crippen MR) is 161 cm³/mol.